The lowest BCUT2D eigenvalue weighted by Gasteiger charge is -2.28. The van der Waals surface area contributed by atoms with Gasteiger partial charge in [0, 0.05) is 24.0 Å². The summed E-state index contributed by atoms with van der Waals surface area (Å²) in [5, 5.41) is 15.2. The number of carbonyl (C=O) groups excluding carboxylic acids is 1. The second kappa shape index (κ2) is 10.3. The highest BCUT2D eigenvalue weighted by Crippen LogP contribution is 2.29. The number of nitrogens with zero attached hydrogens (tertiary/aromatic N) is 1. The Morgan fingerprint density at radius 3 is 2.36 bits per heavy atom. The molecule has 2 aromatic carbocycles. The number of methoxy groups -OCH3 is 1. The molecular weight excluding hydrogens is 418 g/mol. The van der Waals surface area contributed by atoms with Crippen LogP contribution in [0.3, 0.4) is 0 Å². The minimum atomic E-state index is -0.970. The minimum absolute atomic E-state index is 0.104. The van der Waals surface area contributed by atoms with Gasteiger partial charge in [-0.15, -0.1) is 0 Å². The van der Waals surface area contributed by atoms with Crippen LogP contribution < -0.4 is 15.4 Å². The Kier molecular flexibility index (Phi) is 7.07. The highest BCUT2D eigenvalue weighted by Gasteiger charge is 2.22. The van der Waals surface area contributed by atoms with Crippen LogP contribution in [0.5, 0.6) is 5.75 Å². The first-order valence-corrected chi connectivity index (χ1v) is 11.3. The number of pyridine rings is 1. The third-order valence-electron chi connectivity index (χ3n) is 6.39. The number of amides is 2. The molecule has 1 fully saturated rings. The molecule has 7 nitrogen and oxygen atoms in total. The summed E-state index contributed by atoms with van der Waals surface area (Å²) >= 11 is 0. The molecule has 0 aliphatic heterocycles. The van der Waals surface area contributed by atoms with Crippen molar-refractivity contribution in [2.24, 2.45) is 11.8 Å². The largest absolute Gasteiger partial charge is 0.497 e. The van der Waals surface area contributed by atoms with Crippen molar-refractivity contribution < 1.29 is 19.4 Å². The van der Waals surface area contributed by atoms with Crippen molar-refractivity contribution in [2.45, 2.75) is 25.7 Å². The summed E-state index contributed by atoms with van der Waals surface area (Å²) in [4.78, 5) is 28.7. The van der Waals surface area contributed by atoms with Crippen LogP contribution in [0.4, 0.5) is 4.79 Å². The second-order valence-corrected chi connectivity index (χ2v) is 8.59. The molecule has 1 heterocycles. The highest BCUT2D eigenvalue weighted by atomic mass is 16.5. The Bertz CT molecular complexity index is 1140. The van der Waals surface area contributed by atoms with Gasteiger partial charge in [-0.2, -0.15) is 0 Å². The fourth-order valence-electron chi connectivity index (χ4n) is 4.50. The van der Waals surface area contributed by atoms with Gasteiger partial charge in [-0.3, -0.25) is 4.79 Å². The van der Waals surface area contributed by atoms with Crippen LogP contribution in [0.15, 0.2) is 54.6 Å². The van der Waals surface area contributed by atoms with Gasteiger partial charge in [0.25, 0.3) is 5.91 Å². The summed E-state index contributed by atoms with van der Waals surface area (Å²) in [5.74, 6) is 1.42. The number of carboxylic acid groups (broad SMARTS) is 1. The fourth-order valence-corrected chi connectivity index (χ4v) is 4.50. The number of hydrogen-bond donors (Lipinski definition) is 3. The summed E-state index contributed by atoms with van der Waals surface area (Å²) in [5.41, 5.74) is 3.00. The number of benzene rings is 2. The molecule has 0 atom stereocenters. The maximum atomic E-state index is 13.2. The van der Waals surface area contributed by atoms with E-state index in [0.29, 0.717) is 30.5 Å². The van der Waals surface area contributed by atoms with E-state index in [1.807, 2.05) is 54.6 Å². The smallest absolute Gasteiger partial charge is 0.404 e. The summed E-state index contributed by atoms with van der Waals surface area (Å²) in [6, 6.07) is 17.2. The average Bonchev–Trinajstić information content (AvgIpc) is 2.86. The number of para-hydroxylation sites is 1. The zero-order valence-electron chi connectivity index (χ0n) is 18.7. The Morgan fingerprint density at radius 1 is 0.970 bits per heavy atom. The van der Waals surface area contributed by atoms with Crippen molar-refractivity contribution in [3.63, 3.8) is 0 Å². The molecular formula is C26H29N3O4. The molecule has 1 saturated carbocycles. The Balaban J connectivity index is 1.47. The van der Waals surface area contributed by atoms with Gasteiger partial charge in [0.15, 0.2) is 0 Å². The predicted molar refractivity (Wildman–Crippen MR) is 128 cm³/mol. The second-order valence-electron chi connectivity index (χ2n) is 8.59. The van der Waals surface area contributed by atoms with Crippen LogP contribution in [0.25, 0.3) is 22.2 Å². The van der Waals surface area contributed by atoms with Crippen molar-refractivity contribution in [3.05, 3.63) is 60.2 Å². The van der Waals surface area contributed by atoms with Crippen molar-refractivity contribution in [2.75, 3.05) is 20.2 Å². The van der Waals surface area contributed by atoms with Gasteiger partial charge in [-0.05, 0) is 61.8 Å². The van der Waals surface area contributed by atoms with Gasteiger partial charge in [0.1, 0.15) is 5.75 Å². The summed E-state index contributed by atoms with van der Waals surface area (Å²) in [6.07, 6.45) is 2.94. The first kappa shape index (κ1) is 22.6. The number of fused-ring (bicyclic) bond motifs is 1. The van der Waals surface area contributed by atoms with Crippen LogP contribution >= 0.6 is 0 Å². The number of hydrogen-bond acceptors (Lipinski definition) is 4. The molecule has 0 radical (unpaired) electrons. The fraction of sp³-hybridized carbons (Fsp3) is 0.346. The van der Waals surface area contributed by atoms with Gasteiger partial charge in [-0.25, -0.2) is 9.78 Å². The Labute approximate surface area is 193 Å². The molecule has 0 unspecified atom stereocenters. The maximum Gasteiger partial charge on any atom is 0.404 e. The Morgan fingerprint density at radius 2 is 1.67 bits per heavy atom. The van der Waals surface area contributed by atoms with E-state index < -0.39 is 6.09 Å². The van der Waals surface area contributed by atoms with E-state index in [-0.39, 0.29) is 5.91 Å². The molecule has 3 N–H and O–H groups in total. The van der Waals surface area contributed by atoms with E-state index in [0.717, 1.165) is 53.6 Å². The number of ether oxygens (including phenoxy) is 1. The minimum Gasteiger partial charge on any atom is -0.497 e. The van der Waals surface area contributed by atoms with Gasteiger partial charge in [0.2, 0.25) is 0 Å². The molecule has 0 spiro atoms. The molecule has 172 valence electrons. The normalized spacial score (nSPS) is 18.0. The molecule has 0 bridgehead atoms. The van der Waals surface area contributed by atoms with Crippen molar-refractivity contribution in [1.29, 1.82) is 0 Å². The number of nitrogens with one attached hydrogen (secondary N) is 2. The SMILES string of the molecule is COc1cccc(-c2cc(C(=O)NCC3CCC(CNC(=O)O)CC3)c3ccccc3n2)c1. The number of aromatic nitrogens is 1. The number of rotatable bonds is 7. The van der Waals surface area contributed by atoms with Crippen LogP contribution in [-0.2, 0) is 0 Å². The Hall–Kier alpha value is -3.61. The van der Waals surface area contributed by atoms with E-state index in [2.05, 4.69) is 10.6 Å². The molecule has 0 saturated heterocycles. The van der Waals surface area contributed by atoms with Gasteiger partial charge in [0.05, 0.1) is 23.9 Å². The summed E-state index contributed by atoms with van der Waals surface area (Å²) in [6.45, 7) is 1.12. The standard InChI is InChI=1S/C26H29N3O4/c1-33-20-6-4-5-19(13-20)24-14-22(21-7-2-3-8-23(21)29-24)25(30)27-15-17-9-11-18(12-10-17)16-28-26(31)32/h2-8,13-14,17-18,28H,9-12,15-16H2,1H3,(H,27,30)(H,31,32). The first-order chi connectivity index (χ1) is 16.0. The molecule has 2 amide bonds. The lowest BCUT2D eigenvalue weighted by atomic mass is 9.82. The molecule has 1 aromatic heterocycles. The molecule has 4 rings (SSSR count). The zero-order chi connectivity index (χ0) is 23.2. The van der Waals surface area contributed by atoms with E-state index >= 15 is 0 Å². The third-order valence-corrected chi connectivity index (χ3v) is 6.39. The van der Waals surface area contributed by atoms with Crippen LogP contribution in [0.1, 0.15) is 36.0 Å². The van der Waals surface area contributed by atoms with Gasteiger partial charge < -0.3 is 20.5 Å². The lowest BCUT2D eigenvalue weighted by molar-refractivity contribution is 0.0942. The third kappa shape index (κ3) is 5.61. The van der Waals surface area contributed by atoms with Crippen molar-refractivity contribution in [3.8, 4) is 17.0 Å². The van der Waals surface area contributed by atoms with Crippen LogP contribution in [-0.4, -0.2) is 42.3 Å². The van der Waals surface area contributed by atoms with E-state index in [1.165, 1.54) is 0 Å². The molecule has 7 heteroatoms. The number of carbonyl (C=O) groups is 2. The van der Waals surface area contributed by atoms with E-state index in [4.69, 9.17) is 14.8 Å². The first-order valence-electron chi connectivity index (χ1n) is 11.3. The van der Waals surface area contributed by atoms with E-state index in [9.17, 15) is 9.59 Å². The van der Waals surface area contributed by atoms with Gasteiger partial charge >= 0.3 is 6.09 Å². The maximum absolute atomic E-state index is 13.2. The highest BCUT2D eigenvalue weighted by molar-refractivity contribution is 6.07. The molecule has 1 aliphatic rings. The quantitative estimate of drug-likeness (QED) is 0.487. The molecule has 3 aromatic rings. The zero-order valence-corrected chi connectivity index (χ0v) is 18.7. The van der Waals surface area contributed by atoms with E-state index in [1.54, 1.807) is 7.11 Å². The van der Waals surface area contributed by atoms with Crippen molar-refractivity contribution >= 4 is 22.9 Å². The van der Waals surface area contributed by atoms with Gasteiger partial charge in [-0.1, -0.05) is 30.3 Å². The topological polar surface area (TPSA) is 101 Å². The summed E-state index contributed by atoms with van der Waals surface area (Å²) in [7, 11) is 1.63. The molecule has 33 heavy (non-hydrogen) atoms. The van der Waals surface area contributed by atoms with Crippen LogP contribution in [0.2, 0.25) is 0 Å². The predicted octanol–water partition coefficient (Wildman–Crippen LogP) is 4.71. The summed E-state index contributed by atoms with van der Waals surface area (Å²) < 4.78 is 5.34. The molecule has 1 aliphatic carbocycles. The lowest BCUT2D eigenvalue weighted by Crippen LogP contribution is -2.34. The van der Waals surface area contributed by atoms with Crippen molar-refractivity contribution in [1.82, 2.24) is 15.6 Å². The monoisotopic (exact) mass is 447 g/mol. The average molecular weight is 448 g/mol. The van der Waals surface area contributed by atoms with Crippen LogP contribution in [0, 0.1) is 11.8 Å².